The van der Waals surface area contributed by atoms with Crippen LogP contribution in [0.25, 0.3) is 0 Å². The van der Waals surface area contributed by atoms with Crippen LogP contribution in [0.2, 0.25) is 0 Å². The summed E-state index contributed by atoms with van der Waals surface area (Å²) in [5, 5.41) is 0. The van der Waals surface area contributed by atoms with Crippen molar-refractivity contribution in [3.05, 3.63) is 29.3 Å². The van der Waals surface area contributed by atoms with Crippen LogP contribution in [0.5, 0.6) is 0 Å². The fourth-order valence-electron chi connectivity index (χ4n) is 1.86. The van der Waals surface area contributed by atoms with Crippen molar-refractivity contribution in [3.63, 3.8) is 0 Å². The standard InChI is InChI=1S/C13H22N2O4S2/c1-5-21(18,19)14-8-9-15(20(4,16)17)13-10-11(2)6-7-12(13)3/h6-7,10,14H,5,8-9H2,1-4H3. The maximum atomic E-state index is 12.0. The summed E-state index contributed by atoms with van der Waals surface area (Å²) in [7, 11) is -6.82. The molecule has 120 valence electrons. The lowest BCUT2D eigenvalue weighted by atomic mass is 10.1. The molecule has 6 nitrogen and oxygen atoms in total. The zero-order chi connectivity index (χ0) is 16.3. The molecular weight excluding hydrogens is 312 g/mol. The van der Waals surface area contributed by atoms with Gasteiger partial charge in [-0.3, -0.25) is 4.31 Å². The van der Waals surface area contributed by atoms with Crippen molar-refractivity contribution in [3.8, 4) is 0 Å². The SMILES string of the molecule is CCS(=O)(=O)NCCN(c1cc(C)ccc1C)S(C)(=O)=O. The zero-order valence-corrected chi connectivity index (χ0v) is 14.4. The van der Waals surface area contributed by atoms with Crippen molar-refractivity contribution < 1.29 is 16.8 Å². The quantitative estimate of drug-likeness (QED) is 0.806. The van der Waals surface area contributed by atoms with Crippen molar-refractivity contribution >= 4 is 25.7 Å². The average Bonchev–Trinajstić information content (AvgIpc) is 2.36. The number of nitrogens with zero attached hydrogens (tertiary/aromatic N) is 1. The minimum atomic E-state index is -3.48. The average molecular weight is 334 g/mol. The van der Waals surface area contributed by atoms with Crippen LogP contribution >= 0.6 is 0 Å². The van der Waals surface area contributed by atoms with Gasteiger partial charge in [-0.1, -0.05) is 12.1 Å². The number of anilines is 1. The summed E-state index contributed by atoms with van der Waals surface area (Å²) in [5.41, 5.74) is 2.34. The molecular formula is C13H22N2O4S2. The largest absolute Gasteiger partial charge is 0.269 e. The van der Waals surface area contributed by atoms with Gasteiger partial charge >= 0.3 is 0 Å². The molecule has 8 heteroatoms. The maximum Gasteiger partial charge on any atom is 0.232 e. The van der Waals surface area contributed by atoms with Gasteiger partial charge in [0, 0.05) is 13.1 Å². The molecule has 0 saturated heterocycles. The van der Waals surface area contributed by atoms with E-state index in [0.717, 1.165) is 17.4 Å². The molecule has 0 aliphatic carbocycles. The minimum absolute atomic E-state index is 0.0324. The molecule has 0 atom stereocenters. The van der Waals surface area contributed by atoms with E-state index in [2.05, 4.69) is 4.72 Å². The smallest absolute Gasteiger partial charge is 0.232 e. The summed E-state index contributed by atoms with van der Waals surface area (Å²) in [6, 6.07) is 5.53. The number of hydrogen-bond acceptors (Lipinski definition) is 4. The molecule has 0 unspecified atom stereocenters. The lowest BCUT2D eigenvalue weighted by Gasteiger charge is -2.24. The third-order valence-corrected chi connectivity index (χ3v) is 5.63. The Morgan fingerprint density at radius 3 is 2.29 bits per heavy atom. The van der Waals surface area contributed by atoms with Gasteiger partial charge in [0.2, 0.25) is 20.0 Å². The Bertz CT molecular complexity index is 697. The fourth-order valence-corrected chi connectivity index (χ4v) is 3.44. The Morgan fingerprint density at radius 2 is 1.76 bits per heavy atom. The molecule has 0 aliphatic rings. The van der Waals surface area contributed by atoms with Crippen LogP contribution in [0.1, 0.15) is 18.1 Å². The first-order valence-electron chi connectivity index (χ1n) is 6.59. The summed E-state index contributed by atoms with van der Waals surface area (Å²) < 4.78 is 50.4. The highest BCUT2D eigenvalue weighted by Gasteiger charge is 2.19. The summed E-state index contributed by atoms with van der Waals surface area (Å²) in [6.45, 7) is 5.33. The van der Waals surface area contributed by atoms with Gasteiger partial charge in [-0.15, -0.1) is 0 Å². The van der Waals surface area contributed by atoms with E-state index in [4.69, 9.17) is 0 Å². The van der Waals surface area contributed by atoms with E-state index >= 15 is 0 Å². The normalized spacial score (nSPS) is 12.4. The van der Waals surface area contributed by atoms with Gasteiger partial charge in [-0.2, -0.15) is 0 Å². The second kappa shape index (κ2) is 6.76. The summed E-state index contributed by atoms with van der Waals surface area (Å²) in [6.07, 6.45) is 1.11. The number of nitrogens with one attached hydrogen (secondary N) is 1. The lowest BCUT2D eigenvalue weighted by molar-refractivity contribution is 0.579. The third kappa shape index (κ3) is 5.29. The van der Waals surface area contributed by atoms with Gasteiger partial charge in [0.15, 0.2) is 0 Å². The van der Waals surface area contributed by atoms with E-state index in [1.165, 1.54) is 11.2 Å². The molecule has 0 bridgehead atoms. The predicted molar refractivity (Wildman–Crippen MR) is 85.6 cm³/mol. The second-order valence-corrected chi connectivity index (χ2v) is 8.93. The van der Waals surface area contributed by atoms with Crippen LogP contribution in [-0.2, 0) is 20.0 Å². The number of benzene rings is 1. The van der Waals surface area contributed by atoms with Crippen molar-refractivity contribution in [1.29, 1.82) is 0 Å². The van der Waals surface area contributed by atoms with Crippen LogP contribution in [0.3, 0.4) is 0 Å². The lowest BCUT2D eigenvalue weighted by Crippen LogP contribution is -2.38. The second-order valence-electron chi connectivity index (χ2n) is 4.92. The molecule has 0 heterocycles. The van der Waals surface area contributed by atoms with Gasteiger partial charge in [0.25, 0.3) is 0 Å². The van der Waals surface area contributed by atoms with Gasteiger partial charge in [0.1, 0.15) is 0 Å². The first-order chi connectivity index (χ1) is 9.57. The topological polar surface area (TPSA) is 83.6 Å². The molecule has 1 aromatic rings. The van der Waals surface area contributed by atoms with Crippen LogP contribution in [0, 0.1) is 13.8 Å². The van der Waals surface area contributed by atoms with Crippen LogP contribution in [-0.4, -0.2) is 41.9 Å². The number of aryl methyl sites for hydroxylation is 2. The summed E-state index contributed by atoms with van der Waals surface area (Å²) in [5.74, 6) is -0.0324. The Labute approximate surface area is 127 Å². The van der Waals surface area contributed by atoms with Crippen molar-refractivity contribution in [2.75, 3.05) is 29.4 Å². The zero-order valence-electron chi connectivity index (χ0n) is 12.8. The Morgan fingerprint density at radius 1 is 1.14 bits per heavy atom. The van der Waals surface area contributed by atoms with E-state index in [1.54, 1.807) is 6.07 Å². The van der Waals surface area contributed by atoms with Crippen molar-refractivity contribution in [1.82, 2.24) is 4.72 Å². The predicted octanol–water partition coefficient (Wildman–Crippen LogP) is 1.01. The third-order valence-electron chi connectivity index (χ3n) is 3.05. The number of hydrogen-bond donors (Lipinski definition) is 1. The molecule has 0 aliphatic heterocycles. The van der Waals surface area contributed by atoms with Crippen molar-refractivity contribution in [2.45, 2.75) is 20.8 Å². The number of sulfonamides is 2. The highest BCUT2D eigenvalue weighted by atomic mass is 32.2. The van der Waals surface area contributed by atoms with Gasteiger partial charge < -0.3 is 0 Å². The summed E-state index contributed by atoms with van der Waals surface area (Å²) in [4.78, 5) is 0. The molecule has 21 heavy (non-hydrogen) atoms. The minimum Gasteiger partial charge on any atom is -0.269 e. The molecule has 0 amide bonds. The molecule has 0 aromatic heterocycles. The summed E-state index contributed by atoms with van der Waals surface area (Å²) >= 11 is 0. The molecule has 1 N–H and O–H groups in total. The van der Waals surface area contributed by atoms with Crippen molar-refractivity contribution in [2.24, 2.45) is 0 Å². The van der Waals surface area contributed by atoms with Crippen LogP contribution in [0.15, 0.2) is 18.2 Å². The van der Waals surface area contributed by atoms with Crippen LogP contribution < -0.4 is 9.03 Å². The first kappa shape index (κ1) is 17.9. The van der Waals surface area contributed by atoms with Gasteiger partial charge in [-0.05, 0) is 38.0 Å². The molecule has 0 saturated carbocycles. The van der Waals surface area contributed by atoms with E-state index < -0.39 is 20.0 Å². The highest BCUT2D eigenvalue weighted by Crippen LogP contribution is 2.23. The monoisotopic (exact) mass is 334 g/mol. The Kier molecular flexibility index (Phi) is 5.77. The fraction of sp³-hybridized carbons (Fsp3) is 0.538. The van der Waals surface area contributed by atoms with E-state index in [9.17, 15) is 16.8 Å². The van der Waals surface area contributed by atoms with Gasteiger partial charge in [0.05, 0.1) is 17.7 Å². The molecule has 0 radical (unpaired) electrons. The molecule has 1 rings (SSSR count). The van der Waals surface area contributed by atoms with E-state index in [0.29, 0.717) is 5.69 Å². The number of rotatable bonds is 7. The first-order valence-corrected chi connectivity index (χ1v) is 10.1. The Hall–Kier alpha value is -1.12. The van der Waals surface area contributed by atoms with Crippen LogP contribution in [0.4, 0.5) is 5.69 Å². The van der Waals surface area contributed by atoms with E-state index in [1.807, 2.05) is 26.0 Å². The van der Waals surface area contributed by atoms with E-state index in [-0.39, 0.29) is 18.8 Å². The maximum absolute atomic E-state index is 12.0. The molecule has 1 aromatic carbocycles. The molecule has 0 fully saturated rings. The molecule has 0 spiro atoms. The highest BCUT2D eigenvalue weighted by molar-refractivity contribution is 7.92. The Balaban J connectivity index is 3.01. The van der Waals surface area contributed by atoms with Gasteiger partial charge in [-0.25, -0.2) is 21.6 Å².